The van der Waals surface area contributed by atoms with Gasteiger partial charge in [-0.3, -0.25) is 9.69 Å². The van der Waals surface area contributed by atoms with Crippen LogP contribution in [0.2, 0.25) is 0 Å². The highest BCUT2D eigenvalue weighted by atomic mass is 16.5. The Labute approximate surface area is 147 Å². The van der Waals surface area contributed by atoms with E-state index in [-0.39, 0.29) is 17.6 Å². The van der Waals surface area contributed by atoms with Gasteiger partial charge in [-0.15, -0.1) is 0 Å². The molecule has 2 aliphatic heterocycles. The summed E-state index contributed by atoms with van der Waals surface area (Å²) in [7, 11) is 0. The maximum atomic E-state index is 12.3. The highest BCUT2D eigenvalue weighted by molar-refractivity contribution is 5.74. The molecule has 1 N–H and O–H groups in total. The van der Waals surface area contributed by atoms with Crippen molar-refractivity contribution in [3.63, 3.8) is 0 Å². The normalized spacial score (nSPS) is 19.8. The van der Waals surface area contributed by atoms with Gasteiger partial charge < -0.3 is 15.0 Å². The number of nitrogens with zero attached hydrogens (tertiary/aromatic N) is 4. The van der Waals surface area contributed by atoms with Crippen LogP contribution in [0, 0.1) is 6.92 Å². The van der Waals surface area contributed by atoms with Crippen LogP contribution in [0.25, 0.3) is 0 Å². The lowest BCUT2D eigenvalue weighted by molar-refractivity contribution is 0.0759. The first-order chi connectivity index (χ1) is 12.1. The minimum Gasteiger partial charge on any atom is -0.381 e. The zero-order chi connectivity index (χ0) is 17.6. The number of carbonyl (C=O) groups is 1. The van der Waals surface area contributed by atoms with Gasteiger partial charge in [0.25, 0.3) is 5.56 Å². The first-order valence-corrected chi connectivity index (χ1v) is 9.02. The SMILES string of the molecule is Cc1ccc(=O)n(CCN2CCN(C(=O)NC3CCOCC3)CC2)n1. The molecule has 8 heteroatoms. The van der Waals surface area contributed by atoms with Crippen molar-refractivity contribution in [2.24, 2.45) is 0 Å². The molecule has 0 saturated carbocycles. The summed E-state index contributed by atoms with van der Waals surface area (Å²) >= 11 is 0. The number of aryl methyl sites for hydroxylation is 1. The van der Waals surface area contributed by atoms with Gasteiger partial charge in [0.1, 0.15) is 0 Å². The Hall–Kier alpha value is -1.93. The smallest absolute Gasteiger partial charge is 0.317 e. The molecule has 138 valence electrons. The van der Waals surface area contributed by atoms with E-state index in [1.165, 1.54) is 4.68 Å². The lowest BCUT2D eigenvalue weighted by Crippen LogP contribution is -2.54. The first kappa shape index (κ1) is 17.9. The molecule has 2 amide bonds. The van der Waals surface area contributed by atoms with Gasteiger partial charge in [-0.1, -0.05) is 0 Å². The number of rotatable bonds is 4. The molecule has 1 aromatic rings. The van der Waals surface area contributed by atoms with Gasteiger partial charge in [-0.05, 0) is 25.8 Å². The molecule has 8 nitrogen and oxygen atoms in total. The summed E-state index contributed by atoms with van der Waals surface area (Å²) in [6, 6.07) is 3.55. The number of carbonyl (C=O) groups excluding carboxylic acids is 1. The van der Waals surface area contributed by atoms with Crippen LogP contribution in [-0.2, 0) is 11.3 Å². The molecule has 25 heavy (non-hydrogen) atoms. The van der Waals surface area contributed by atoms with Gasteiger partial charge >= 0.3 is 6.03 Å². The molecule has 0 aromatic carbocycles. The third kappa shape index (κ3) is 5.02. The fourth-order valence-corrected chi connectivity index (χ4v) is 3.23. The van der Waals surface area contributed by atoms with Crippen molar-refractivity contribution in [3.8, 4) is 0 Å². The van der Waals surface area contributed by atoms with Gasteiger partial charge in [0.15, 0.2) is 0 Å². The molecule has 0 bridgehead atoms. The third-order valence-electron chi connectivity index (χ3n) is 4.84. The van der Waals surface area contributed by atoms with Gasteiger partial charge in [-0.2, -0.15) is 5.10 Å². The van der Waals surface area contributed by atoms with Crippen molar-refractivity contribution < 1.29 is 9.53 Å². The van der Waals surface area contributed by atoms with E-state index in [9.17, 15) is 9.59 Å². The average molecular weight is 349 g/mol. The molecule has 3 rings (SSSR count). The van der Waals surface area contributed by atoms with Gasteiger partial charge in [0, 0.05) is 58.0 Å². The third-order valence-corrected chi connectivity index (χ3v) is 4.84. The lowest BCUT2D eigenvalue weighted by Gasteiger charge is -2.36. The van der Waals surface area contributed by atoms with Crippen molar-refractivity contribution in [2.75, 3.05) is 45.9 Å². The van der Waals surface area contributed by atoms with Crippen LogP contribution in [0.5, 0.6) is 0 Å². The lowest BCUT2D eigenvalue weighted by atomic mass is 10.1. The van der Waals surface area contributed by atoms with E-state index in [1.54, 1.807) is 12.1 Å². The molecular weight excluding hydrogens is 322 g/mol. The molecular formula is C17H27N5O3. The number of hydrogen-bond donors (Lipinski definition) is 1. The highest BCUT2D eigenvalue weighted by Gasteiger charge is 2.23. The Kier molecular flexibility index (Phi) is 6.04. The van der Waals surface area contributed by atoms with Crippen molar-refractivity contribution >= 4 is 6.03 Å². The number of hydrogen-bond acceptors (Lipinski definition) is 5. The van der Waals surface area contributed by atoms with Crippen LogP contribution in [0.1, 0.15) is 18.5 Å². The number of piperazine rings is 1. The number of ether oxygens (including phenoxy) is 1. The maximum absolute atomic E-state index is 12.3. The summed E-state index contributed by atoms with van der Waals surface area (Å²) in [4.78, 5) is 28.3. The summed E-state index contributed by atoms with van der Waals surface area (Å²) in [6.07, 6.45) is 1.79. The second-order valence-corrected chi connectivity index (χ2v) is 6.70. The summed E-state index contributed by atoms with van der Waals surface area (Å²) in [5, 5.41) is 7.37. The fourth-order valence-electron chi connectivity index (χ4n) is 3.23. The monoisotopic (exact) mass is 349 g/mol. The fraction of sp³-hybridized carbons (Fsp3) is 0.706. The van der Waals surface area contributed by atoms with E-state index in [4.69, 9.17) is 4.74 Å². The zero-order valence-corrected chi connectivity index (χ0v) is 14.8. The highest BCUT2D eigenvalue weighted by Crippen LogP contribution is 2.08. The van der Waals surface area contributed by atoms with E-state index in [0.717, 1.165) is 51.4 Å². The van der Waals surface area contributed by atoms with Gasteiger partial charge in [-0.25, -0.2) is 9.48 Å². The van der Waals surface area contributed by atoms with E-state index in [0.29, 0.717) is 19.6 Å². The van der Waals surface area contributed by atoms with E-state index >= 15 is 0 Å². The minimum atomic E-state index is -0.0694. The van der Waals surface area contributed by atoms with Gasteiger partial charge in [0.2, 0.25) is 0 Å². The molecule has 0 aliphatic carbocycles. The second kappa shape index (κ2) is 8.44. The Morgan fingerprint density at radius 3 is 2.64 bits per heavy atom. The van der Waals surface area contributed by atoms with Gasteiger partial charge in [0.05, 0.1) is 12.2 Å². The van der Waals surface area contributed by atoms with E-state index < -0.39 is 0 Å². The summed E-state index contributed by atoms with van der Waals surface area (Å²) < 4.78 is 6.83. The van der Waals surface area contributed by atoms with Crippen molar-refractivity contribution in [1.82, 2.24) is 24.9 Å². The van der Waals surface area contributed by atoms with Crippen molar-refractivity contribution in [1.29, 1.82) is 0 Å². The Bertz CT molecular complexity index is 633. The largest absolute Gasteiger partial charge is 0.381 e. The van der Waals surface area contributed by atoms with Crippen LogP contribution in [-0.4, -0.2) is 77.6 Å². The van der Waals surface area contributed by atoms with Crippen LogP contribution in [0.3, 0.4) is 0 Å². The summed E-state index contributed by atoms with van der Waals surface area (Å²) in [6.45, 7) is 7.75. The maximum Gasteiger partial charge on any atom is 0.317 e. The molecule has 0 atom stereocenters. The molecule has 2 aliphatic rings. The Balaban J connectivity index is 1.41. The number of amides is 2. The molecule has 2 saturated heterocycles. The predicted molar refractivity (Wildman–Crippen MR) is 93.6 cm³/mol. The Morgan fingerprint density at radius 1 is 1.20 bits per heavy atom. The predicted octanol–water partition coefficient (Wildman–Crippen LogP) is 0.0579. The minimum absolute atomic E-state index is 0.0307. The zero-order valence-electron chi connectivity index (χ0n) is 14.8. The summed E-state index contributed by atoms with van der Waals surface area (Å²) in [5.74, 6) is 0. The van der Waals surface area contributed by atoms with E-state index in [1.807, 2.05) is 11.8 Å². The number of aromatic nitrogens is 2. The average Bonchev–Trinajstić information content (AvgIpc) is 2.64. The van der Waals surface area contributed by atoms with Crippen LogP contribution in [0.4, 0.5) is 4.79 Å². The quantitative estimate of drug-likeness (QED) is 0.831. The number of nitrogens with one attached hydrogen (secondary N) is 1. The van der Waals surface area contributed by atoms with Crippen molar-refractivity contribution in [2.45, 2.75) is 32.4 Å². The van der Waals surface area contributed by atoms with Crippen molar-refractivity contribution in [3.05, 3.63) is 28.2 Å². The Morgan fingerprint density at radius 2 is 1.92 bits per heavy atom. The summed E-state index contributed by atoms with van der Waals surface area (Å²) in [5.41, 5.74) is 0.772. The van der Waals surface area contributed by atoms with Crippen LogP contribution in [0.15, 0.2) is 16.9 Å². The molecule has 0 radical (unpaired) electrons. The first-order valence-electron chi connectivity index (χ1n) is 9.02. The second-order valence-electron chi connectivity index (χ2n) is 6.70. The molecule has 0 spiro atoms. The molecule has 2 fully saturated rings. The molecule has 0 unspecified atom stereocenters. The topological polar surface area (TPSA) is 79.7 Å². The number of urea groups is 1. The van der Waals surface area contributed by atoms with Crippen LogP contribution < -0.4 is 10.9 Å². The molecule has 3 heterocycles. The van der Waals surface area contributed by atoms with E-state index in [2.05, 4.69) is 15.3 Å². The van der Waals surface area contributed by atoms with Crippen LogP contribution >= 0.6 is 0 Å². The standard InChI is InChI=1S/C17H27N5O3/c1-14-2-3-16(23)22(19-14)11-8-20-6-9-21(10-7-20)17(24)18-15-4-12-25-13-5-15/h2-3,15H,4-13H2,1H3,(H,18,24). The molecule has 1 aromatic heterocycles.